The van der Waals surface area contributed by atoms with E-state index in [0.717, 1.165) is 5.56 Å². The van der Waals surface area contributed by atoms with Crippen LogP contribution >= 0.6 is 23.4 Å². The summed E-state index contributed by atoms with van der Waals surface area (Å²) in [6, 6.07) is 11.5. The molecule has 2 aromatic carbocycles. The fourth-order valence-corrected chi connectivity index (χ4v) is 2.84. The van der Waals surface area contributed by atoms with Crippen LogP contribution in [-0.2, 0) is 10.5 Å². The molecule has 2 aromatic rings. The molecular weight excluding hydrogens is 352 g/mol. The summed E-state index contributed by atoms with van der Waals surface area (Å²) < 4.78 is 5.08. The minimum Gasteiger partial charge on any atom is -0.494 e. The maximum absolute atomic E-state index is 12.0. The minimum absolute atomic E-state index is 0.0954. The fraction of sp³-hybridized carbons (Fsp3) is 0.188. The SMILES string of the molecule is COc1cc([N+](=O)[O-])ccc1NC(=O)CSCc1ccc(Cl)cc1. The van der Waals surface area contributed by atoms with Gasteiger partial charge in [0.2, 0.25) is 5.91 Å². The highest BCUT2D eigenvalue weighted by Crippen LogP contribution is 2.29. The van der Waals surface area contributed by atoms with Crippen molar-refractivity contribution in [1.29, 1.82) is 0 Å². The lowest BCUT2D eigenvalue weighted by atomic mass is 10.2. The zero-order chi connectivity index (χ0) is 17.5. The number of benzene rings is 2. The molecule has 2 rings (SSSR count). The zero-order valence-corrected chi connectivity index (χ0v) is 14.4. The van der Waals surface area contributed by atoms with Gasteiger partial charge in [0, 0.05) is 16.8 Å². The third kappa shape index (κ3) is 5.14. The number of rotatable bonds is 7. The number of thioether (sulfide) groups is 1. The van der Waals surface area contributed by atoms with Crippen LogP contribution in [0.5, 0.6) is 5.75 Å². The molecule has 6 nitrogen and oxygen atoms in total. The Bertz CT molecular complexity index is 737. The van der Waals surface area contributed by atoms with E-state index >= 15 is 0 Å². The Morgan fingerprint density at radius 2 is 2.00 bits per heavy atom. The highest BCUT2D eigenvalue weighted by molar-refractivity contribution is 7.99. The maximum atomic E-state index is 12.0. The molecule has 0 heterocycles. The maximum Gasteiger partial charge on any atom is 0.273 e. The van der Waals surface area contributed by atoms with Gasteiger partial charge in [-0.2, -0.15) is 0 Å². The van der Waals surface area contributed by atoms with Gasteiger partial charge in [-0.05, 0) is 23.8 Å². The number of carbonyl (C=O) groups is 1. The van der Waals surface area contributed by atoms with Crippen LogP contribution in [0.25, 0.3) is 0 Å². The van der Waals surface area contributed by atoms with Gasteiger partial charge in [0.1, 0.15) is 5.75 Å². The first-order chi connectivity index (χ1) is 11.5. The molecule has 0 aliphatic rings. The van der Waals surface area contributed by atoms with Crippen molar-refractivity contribution in [1.82, 2.24) is 0 Å². The van der Waals surface area contributed by atoms with E-state index in [1.54, 1.807) is 12.1 Å². The molecule has 0 bridgehead atoms. The second-order valence-electron chi connectivity index (χ2n) is 4.81. The number of carbonyl (C=O) groups excluding carboxylic acids is 1. The summed E-state index contributed by atoms with van der Waals surface area (Å²) in [4.78, 5) is 22.2. The number of hydrogen-bond donors (Lipinski definition) is 1. The minimum atomic E-state index is -0.518. The summed E-state index contributed by atoms with van der Waals surface area (Å²) in [5.41, 5.74) is 1.38. The standard InChI is InChI=1S/C16H15ClN2O4S/c1-23-15-8-13(19(21)22)6-7-14(15)18-16(20)10-24-9-11-2-4-12(17)5-3-11/h2-8H,9-10H2,1H3,(H,18,20). The van der Waals surface area contributed by atoms with Crippen LogP contribution in [0.3, 0.4) is 0 Å². The van der Waals surface area contributed by atoms with Crippen LogP contribution in [0.1, 0.15) is 5.56 Å². The lowest BCUT2D eigenvalue weighted by Crippen LogP contribution is -2.15. The Hall–Kier alpha value is -2.25. The quantitative estimate of drug-likeness (QED) is 0.588. The average Bonchev–Trinajstić information content (AvgIpc) is 2.56. The molecule has 24 heavy (non-hydrogen) atoms. The van der Waals surface area contributed by atoms with E-state index in [2.05, 4.69) is 5.32 Å². The Balaban J connectivity index is 1.90. The topological polar surface area (TPSA) is 81.5 Å². The smallest absolute Gasteiger partial charge is 0.273 e. The van der Waals surface area contributed by atoms with Crippen molar-refractivity contribution in [3.63, 3.8) is 0 Å². The molecule has 1 amide bonds. The Morgan fingerprint density at radius 1 is 1.29 bits per heavy atom. The summed E-state index contributed by atoms with van der Waals surface area (Å²) >= 11 is 7.28. The third-order valence-electron chi connectivity index (χ3n) is 3.09. The van der Waals surface area contributed by atoms with Gasteiger partial charge >= 0.3 is 0 Å². The van der Waals surface area contributed by atoms with Crippen LogP contribution < -0.4 is 10.1 Å². The molecular formula is C16H15ClN2O4S. The number of methoxy groups -OCH3 is 1. The molecule has 0 unspecified atom stereocenters. The lowest BCUT2D eigenvalue weighted by Gasteiger charge is -2.10. The predicted molar refractivity (Wildman–Crippen MR) is 95.9 cm³/mol. The average molecular weight is 367 g/mol. The molecule has 0 aromatic heterocycles. The number of nitrogens with one attached hydrogen (secondary N) is 1. The summed E-state index contributed by atoms with van der Waals surface area (Å²) in [7, 11) is 1.39. The number of nitro groups is 1. The van der Waals surface area contributed by atoms with Crippen LogP contribution in [0, 0.1) is 10.1 Å². The largest absolute Gasteiger partial charge is 0.494 e. The molecule has 0 fully saturated rings. The van der Waals surface area contributed by atoms with Crippen LogP contribution in [0.15, 0.2) is 42.5 Å². The van der Waals surface area contributed by atoms with Crippen LogP contribution in [0.4, 0.5) is 11.4 Å². The molecule has 0 aliphatic heterocycles. The number of nitrogens with zero attached hydrogens (tertiary/aromatic N) is 1. The van der Waals surface area contributed by atoms with Crippen molar-refractivity contribution in [2.24, 2.45) is 0 Å². The van der Waals surface area contributed by atoms with Gasteiger partial charge in [0.25, 0.3) is 5.69 Å². The Morgan fingerprint density at radius 3 is 2.62 bits per heavy atom. The third-order valence-corrected chi connectivity index (χ3v) is 4.34. The summed E-state index contributed by atoms with van der Waals surface area (Å²) in [6.45, 7) is 0. The zero-order valence-electron chi connectivity index (χ0n) is 12.8. The first-order valence-electron chi connectivity index (χ1n) is 6.94. The number of nitro benzene ring substituents is 1. The number of ether oxygens (including phenoxy) is 1. The van der Waals surface area contributed by atoms with Crippen molar-refractivity contribution in [2.75, 3.05) is 18.2 Å². The van der Waals surface area contributed by atoms with Gasteiger partial charge in [0.15, 0.2) is 0 Å². The molecule has 0 radical (unpaired) electrons. The summed E-state index contributed by atoms with van der Waals surface area (Å²) in [5, 5.41) is 14.1. The van der Waals surface area contributed by atoms with Gasteiger partial charge in [-0.15, -0.1) is 11.8 Å². The molecule has 0 saturated carbocycles. The second-order valence-corrected chi connectivity index (χ2v) is 6.23. The highest BCUT2D eigenvalue weighted by Gasteiger charge is 2.13. The van der Waals surface area contributed by atoms with Crippen molar-refractivity contribution < 1.29 is 14.5 Å². The van der Waals surface area contributed by atoms with Crippen molar-refractivity contribution >= 4 is 40.6 Å². The Kier molecular flexibility index (Phi) is 6.45. The number of anilines is 1. The monoisotopic (exact) mass is 366 g/mol. The lowest BCUT2D eigenvalue weighted by molar-refractivity contribution is -0.384. The number of halogens is 1. The number of amides is 1. The van der Waals surface area contributed by atoms with E-state index < -0.39 is 4.92 Å². The first kappa shape index (κ1) is 18.1. The van der Waals surface area contributed by atoms with E-state index in [1.807, 2.05) is 12.1 Å². The van der Waals surface area contributed by atoms with Crippen molar-refractivity contribution in [3.8, 4) is 5.75 Å². The molecule has 8 heteroatoms. The molecule has 1 N–H and O–H groups in total. The normalized spacial score (nSPS) is 10.2. The first-order valence-corrected chi connectivity index (χ1v) is 8.47. The van der Waals surface area contributed by atoms with E-state index in [0.29, 0.717) is 16.5 Å². The van der Waals surface area contributed by atoms with Gasteiger partial charge in [-0.25, -0.2) is 0 Å². The second kappa shape index (κ2) is 8.56. The van der Waals surface area contributed by atoms with Crippen LogP contribution in [-0.4, -0.2) is 23.7 Å². The van der Waals surface area contributed by atoms with Gasteiger partial charge in [-0.3, -0.25) is 14.9 Å². The summed E-state index contributed by atoms with van der Waals surface area (Å²) in [5.74, 6) is 0.978. The fourth-order valence-electron chi connectivity index (χ4n) is 1.93. The number of non-ortho nitro benzene ring substituents is 1. The van der Waals surface area contributed by atoms with E-state index in [4.69, 9.17) is 16.3 Å². The molecule has 0 atom stereocenters. The van der Waals surface area contributed by atoms with Crippen molar-refractivity contribution in [3.05, 3.63) is 63.2 Å². The molecule has 0 saturated heterocycles. The van der Waals surface area contributed by atoms with Gasteiger partial charge < -0.3 is 10.1 Å². The van der Waals surface area contributed by atoms with E-state index in [1.165, 1.54) is 37.1 Å². The van der Waals surface area contributed by atoms with Crippen molar-refractivity contribution in [2.45, 2.75) is 5.75 Å². The summed E-state index contributed by atoms with van der Waals surface area (Å²) in [6.07, 6.45) is 0. The van der Waals surface area contributed by atoms with Crippen LogP contribution in [0.2, 0.25) is 5.02 Å². The molecule has 0 spiro atoms. The van der Waals surface area contributed by atoms with Gasteiger partial charge in [0.05, 0.1) is 29.5 Å². The highest BCUT2D eigenvalue weighted by atomic mass is 35.5. The number of hydrogen-bond acceptors (Lipinski definition) is 5. The van der Waals surface area contributed by atoms with Gasteiger partial charge in [-0.1, -0.05) is 23.7 Å². The van der Waals surface area contributed by atoms with E-state index in [9.17, 15) is 14.9 Å². The Labute approximate surface area is 148 Å². The predicted octanol–water partition coefficient (Wildman–Crippen LogP) is 4.13. The molecule has 0 aliphatic carbocycles. The molecule has 126 valence electrons. The van der Waals surface area contributed by atoms with E-state index in [-0.39, 0.29) is 23.1 Å².